The Labute approximate surface area is 249 Å². The van der Waals surface area contributed by atoms with E-state index in [-0.39, 0.29) is 31.2 Å². The minimum Gasteiger partial charge on any atom is -0.383 e. The summed E-state index contributed by atoms with van der Waals surface area (Å²) in [7, 11) is 0. The molecule has 1 N–H and O–H groups in total. The largest absolute Gasteiger partial charge is 0.383 e. The van der Waals surface area contributed by atoms with Gasteiger partial charge < -0.3 is 23.9 Å². The number of aliphatic hydroxyl groups is 1. The Morgan fingerprint density at radius 3 is 2.33 bits per heavy atom. The summed E-state index contributed by atoms with van der Waals surface area (Å²) in [6.45, 7) is 1.84. The molecule has 1 aliphatic heterocycles. The van der Waals surface area contributed by atoms with Crippen molar-refractivity contribution in [1.29, 1.82) is 0 Å². The molecule has 40 heavy (non-hydrogen) atoms. The summed E-state index contributed by atoms with van der Waals surface area (Å²) in [6, 6.07) is 13.0. The first-order valence-electron chi connectivity index (χ1n) is 12.1. The lowest BCUT2D eigenvalue weighted by molar-refractivity contribution is -0.383. The van der Waals surface area contributed by atoms with Gasteiger partial charge in [-0.25, -0.2) is 4.98 Å². The van der Waals surface area contributed by atoms with Gasteiger partial charge in [0.1, 0.15) is 23.5 Å². The number of fused-ring (bicyclic) bond motifs is 1. The Kier molecular flexibility index (Phi) is 8.56. The first kappa shape index (κ1) is 29.0. The Hall–Kier alpha value is -2.47. The van der Waals surface area contributed by atoms with Gasteiger partial charge in [-0.05, 0) is 48.4 Å². The molecule has 210 valence electrons. The number of hydrogen-bond donors (Lipinski definition) is 1. The van der Waals surface area contributed by atoms with Crippen LogP contribution in [-0.2, 0) is 27.4 Å². The molecule has 4 unspecified atom stereocenters. The smallest absolute Gasteiger partial charge is 0.281 e. The SMILES string of the molecule is CC1(O)C(OCc2ccc(Cl)cc2Cl)C(COCc2ccc(Cl)cc2Cl)OC1n1ccc2c([N+](=O)[O-])ccnc21. The van der Waals surface area contributed by atoms with Crippen molar-refractivity contribution in [1.82, 2.24) is 9.55 Å². The van der Waals surface area contributed by atoms with Gasteiger partial charge >= 0.3 is 0 Å². The van der Waals surface area contributed by atoms with Crippen LogP contribution in [0.15, 0.2) is 60.9 Å². The zero-order valence-electron chi connectivity index (χ0n) is 21.0. The Morgan fingerprint density at radius 1 is 1.05 bits per heavy atom. The summed E-state index contributed by atoms with van der Waals surface area (Å²) in [6.07, 6.45) is 0.300. The molecule has 0 radical (unpaired) electrons. The van der Waals surface area contributed by atoms with Crippen molar-refractivity contribution >= 4 is 63.1 Å². The number of nitrogens with zero attached hydrogens (tertiary/aromatic N) is 3. The number of benzene rings is 2. The molecule has 0 saturated carbocycles. The molecule has 0 aliphatic carbocycles. The van der Waals surface area contributed by atoms with Crippen LogP contribution in [0.4, 0.5) is 5.69 Å². The molecule has 1 saturated heterocycles. The maximum absolute atomic E-state index is 11.8. The van der Waals surface area contributed by atoms with E-state index < -0.39 is 29.0 Å². The molecular weight excluding hydrogens is 604 g/mol. The van der Waals surface area contributed by atoms with Gasteiger partial charge in [0.25, 0.3) is 5.69 Å². The van der Waals surface area contributed by atoms with Gasteiger partial charge in [-0.3, -0.25) is 10.1 Å². The van der Waals surface area contributed by atoms with Gasteiger partial charge in [-0.2, -0.15) is 0 Å². The lowest BCUT2D eigenvalue weighted by Crippen LogP contribution is -2.46. The molecule has 4 atom stereocenters. The van der Waals surface area contributed by atoms with Crippen molar-refractivity contribution in [3.8, 4) is 0 Å². The molecule has 0 spiro atoms. The lowest BCUT2D eigenvalue weighted by atomic mass is 9.96. The minimum absolute atomic E-state index is 0.0391. The molecule has 0 bridgehead atoms. The number of hydrogen-bond acceptors (Lipinski definition) is 7. The number of nitro groups is 1. The zero-order chi connectivity index (χ0) is 28.6. The summed E-state index contributed by atoms with van der Waals surface area (Å²) >= 11 is 24.6. The van der Waals surface area contributed by atoms with Crippen molar-refractivity contribution in [3.05, 3.63) is 102 Å². The molecule has 3 heterocycles. The average Bonchev–Trinajstić information content (AvgIpc) is 3.42. The molecule has 4 aromatic rings. The fourth-order valence-corrected chi connectivity index (χ4v) is 5.70. The van der Waals surface area contributed by atoms with E-state index in [0.29, 0.717) is 31.0 Å². The Morgan fingerprint density at radius 2 is 1.70 bits per heavy atom. The number of ether oxygens (including phenoxy) is 3. The highest BCUT2D eigenvalue weighted by molar-refractivity contribution is 6.35. The first-order valence-corrected chi connectivity index (χ1v) is 13.6. The second kappa shape index (κ2) is 11.8. The molecule has 2 aromatic carbocycles. The molecule has 1 aliphatic rings. The molecule has 13 heteroatoms. The molecule has 5 rings (SSSR count). The highest BCUT2D eigenvalue weighted by atomic mass is 35.5. The van der Waals surface area contributed by atoms with Crippen LogP contribution in [0.25, 0.3) is 11.0 Å². The van der Waals surface area contributed by atoms with Crippen LogP contribution >= 0.6 is 46.4 Å². The van der Waals surface area contributed by atoms with E-state index in [1.807, 2.05) is 0 Å². The topological polar surface area (TPSA) is 109 Å². The van der Waals surface area contributed by atoms with Gasteiger partial charge in [0.05, 0.1) is 30.1 Å². The van der Waals surface area contributed by atoms with Crippen molar-refractivity contribution in [2.24, 2.45) is 0 Å². The summed E-state index contributed by atoms with van der Waals surface area (Å²) in [5.74, 6) is 0. The quantitative estimate of drug-likeness (QED) is 0.157. The van der Waals surface area contributed by atoms with Crippen LogP contribution in [0.5, 0.6) is 0 Å². The second-order valence-corrected chi connectivity index (χ2v) is 11.2. The van der Waals surface area contributed by atoms with Gasteiger partial charge in [0, 0.05) is 38.6 Å². The average molecular weight is 627 g/mol. The third-order valence-electron chi connectivity index (χ3n) is 6.75. The van der Waals surface area contributed by atoms with Crippen molar-refractivity contribution in [3.63, 3.8) is 0 Å². The molecule has 2 aromatic heterocycles. The van der Waals surface area contributed by atoms with E-state index >= 15 is 0 Å². The van der Waals surface area contributed by atoms with Crippen LogP contribution in [0.2, 0.25) is 20.1 Å². The van der Waals surface area contributed by atoms with Gasteiger partial charge in [0.15, 0.2) is 6.23 Å². The van der Waals surface area contributed by atoms with Crippen molar-refractivity contribution < 1.29 is 24.2 Å². The summed E-state index contributed by atoms with van der Waals surface area (Å²) in [4.78, 5) is 15.4. The highest BCUT2D eigenvalue weighted by Crippen LogP contribution is 2.43. The molecule has 9 nitrogen and oxygen atoms in total. The molecule has 1 fully saturated rings. The Bertz CT molecular complexity index is 1560. The minimum atomic E-state index is -1.61. The van der Waals surface area contributed by atoms with E-state index in [1.165, 1.54) is 12.3 Å². The van der Waals surface area contributed by atoms with Crippen LogP contribution in [0.3, 0.4) is 0 Å². The van der Waals surface area contributed by atoms with E-state index in [4.69, 9.17) is 60.6 Å². The summed E-state index contributed by atoms with van der Waals surface area (Å²) in [5.41, 5.74) is -0.0320. The third-order valence-corrected chi connectivity index (χ3v) is 7.92. The number of rotatable bonds is 9. The second-order valence-electron chi connectivity index (χ2n) is 9.52. The van der Waals surface area contributed by atoms with Crippen LogP contribution in [0.1, 0.15) is 24.3 Å². The van der Waals surface area contributed by atoms with E-state index in [2.05, 4.69) is 4.98 Å². The predicted octanol–water partition coefficient (Wildman–Crippen LogP) is 7.01. The standard InChI is InChI=1S/C27H23Cl4N3O6/c1-27(35)24(39-13-16-3-5-18(29)11-21(16)31)23(14-38-12-15-2-4-17(28)10-20(15)30)40-26(27)33-9-7-19-22(34(36)37)6-8-32-25(19)33/h2-11,23-24,26,35H,12-14H2,1H3. The van der Waals surface area contributed by atoms with Crippen LogP contribution in [-0.4, -0.2) is 44.0 Å². The lowest BCUT2D eigenvalue weighted by Gasteiger charge is -2.30. The maximum atomic E-state index is 11.8. The zero-order valence-corrected chi connectivity index (χ0v) is 24.0. The molecular formula is C27H23Cl4N3O6. The van der Waals surface area contributed by atoms with E-state index in [1.54, 1.807) is 60.2 Å². The number of halogens is 4. The summed E-state index contributed by atoms with van der Waals surface area (Å²) in [5, 5.41) is 25.5. The summed E-state index contributed by atoms with van der Waals surface area (Å²) < 4.78 is 20.0. The molecule has 0 amide bonds. The monoisotopic (exact) mass is 625 g/mol. The maximum Gasteiger partial charge on any atom is 0.281 e. The fourth-order valence-electron chi connectivity index (χ4n) is 4.78. The van der Waals surface area contributed by atoms with Crippen LogP contribution in [0, 0.1) is 10.1 Å². The Balaban J connectivity index is 1.42. The normalized spacial score (nSPS) is 22.7. The van der Waals surface area contributed by atoms with E-state index in [0.717, 1.165) is 5.56 Å². The first-order chi connectivity index (χ1) is 19.1. The fraction of sp³-hybridized carbons (Fsp3) is 0.296. The van der Waals surface area contributed by atoms with Crippen molar-refractivity contribution in [2.45, 2.75) is 44.2 Å². The number of aromatic nitrogens is 2. The third kappa shape index (κ3) is 5.79. The van der Waals surface area contributed by atoms with Crippen LogP contribution < -0.4 is 0 Å². The number of pyridine rings is 1. The van der Waals surface area contributed by atoms with Gasteiger partial charge in [-0.15, -0.1) is 0 Å². The predicted molar refractivity (Wildman–Crippen MR) is 152 cm³/mol. The highest BCUT2D eigenvalue weighted by Gasteiger charge is 2.55. The van der Waals surface area contributed by atoms with Gasteiger partial charge in [-0.1, -0.05) is 58.5 Å². The van der Waals surface area contributed by atoms with Gasteiger partial charge in [0.2, 0.25) is 0 Å². The van der Waals surface area contributed by atoms with E-state index in [9.17, 15) is 15.2 Å². The van der Waals surface area contributed by atoms with Crippen molar-refractivity contribution in [2.75, 3.05) is 6.61 Å².